The van der Waals surface area contributed by atoms with Crippen LogP contribution in [0, 0.1) is 19.8 Å². The monoisotopic (exact) mass is 484 g/mol. The standard InChI is InChI=1S/C21H24ClF3N4O.C3H8/c1-13-9-14(2)18(16(22)10-13)29-8-7-28-17(11-26-20(28)29)19(30)27(12-15-3-4-15)6-5-21(23,24)25;1-3-2/h9-11,15H,3-8,12H2,1-2H3;3H2,1-2H3. The number of halogens is 4. The first-order valence-corrected chi connectivity index (χ1v) is 11.9. The predicted octanol–water partition coefficient (Wildman–Crippen LogP) is 6.53. The van der Waals surface area contributed by atoms with Gasteiger partial charge in [-0.15, -0.1) is 0 Å². The summed E-state index contributed by atoms with van der Waals surface area (Å²) >= 11 is 6.49. The van der Waals surface area contributed by atoms with Gasteiger partial charge in [0.05, 0.1) is 23.3 Å². The number of amides is 1. The van der Waals surface area contributed by atoms with Crippen LogP contribution < -0.4 is 4.90 Å². The summed E-state index contributed by atoms with van der Waals surface area (Å²) in [6, 6.07) is 3.92. The minimum Gasteiger partial charge on any atom is -0.337 e. The molecule has 0 atom stereocenters. The van der Waals surface area contributed by atoms with Gasteiger partial charge < -0.3 is 14.4 Å². The summed E-state index contributed by atoms with van der Waals surface area (Å²) in [5, 5.41) is 0.609. The zero-order chi connectivity index (χ0) is 24.3. The van der Waals surface area contributed by atoms with E-state index >= 15 is 0 Å². The molecular weight excluding hydrogens is 453 g/mol. The SMILES string of the molecule is CCC.Cc1cc(C)c(N2CCn3c(C(=O)N(CCC(F)(F)F)CC4CC4)cnc32)c(Cl)c1. The van der Waals surface area contributed by atoms with Gasteiger partial charge in [0.25, 0.3) is 5.91 Å². The van der Waals surface area contributed by atoms with Crippen molar-refractivity contribution < 1.29 is 18.0 Å². The van der Waals surface area contributed by atoms with Crippen molar-refractivity contribution in [2.24, 2.45) is 5.92 Å². The molecule has 0 N–H and O–H groups in total. The summed E-state index contributed by atoms with van der Waals surface area (Å²) in [7, 11) is 0. The first-order valence-electron chi connectivity index (χ1n) is 11.5. The van der Waals surface area contributed by atoms with Crippen molar-refractivity contribution >= 4 is 29.1 Å². The van der Waals surface area contributed by atoms with Crippen LogP contribution in [0.5, 0.6) is 0 Å². The van der Waals surface area contributed by atoms with Crippen LogP contribution in [0.2, 0.25) is 5.02 Å². The number of carbonyl (C=O) groups excluding carboxylic acids is 1. The van der Waals surface area contributed by atoms with Crippen molar-refractivity contribution in [1.82, 2.24) is 14.5 Å². The highest BCUT2D eigenvalue weighted by Crippen LogP contribution is 2.38. The number of benzene rings is 1. The molecule has 0 radical (unpaired) electrons. The van der Waals surface area contributed by atoms with E-state index in [4.69, 9.17) is 11.6 Å². The van der Waals surface area contributed by atoms with Crippen molar-refractivity contribution in [3.63, 3.8) is 0 Å². The zero-order valence-electron chi connectivity index (χ0n) is 19.7. The van der Waals surface area contributed by atoms with Crippen molar-refractivity contribution in [2.45, 2.75) is 66.1 Å². The van der Waals surface area contributed by atoms with Gasteiger partial charge in [-0.3, -0.25) is 4.79 Å². The average Bonchev–Trinajstić information content (AvgIpc) is 3.28. The molecule has 4 rings (SSSR count). The third-order valence-electron chi connectivity index (χ3n) is 5.64. The van der Waals surface area contributed by atoms with Crippen molar-refractivity contribution in [3.8, 4) is 0 Å². The van der Waals surface area contributed by atoms with Crippen LogP contribution in [0.15, 0.2) is 18.3 Å². The quantitative estimate of drug-likeness (QED) is 0.468. The van der Waals surface area contributed by atoms with Crippen LogP contribution in [0.25, 0.3) is 0 Å². The summed E-state index contributed by atoms with van der Waals surface area (Å²) in [4.78, 5) is 20.9. The Morgan fingerprint density at radius 1 is 1.21 bits per heavy atom. The van der Waals surface area contributed by atoms with Crippen LogP contribution in [-0.4, -0.2) is 46.2 Å². The van der Waals surface area contributed by atoms with Crippen LogP contribution in [0.4, 0.5) is 24.8 Å². The summed E-state index contributed by atoms with van der Waals surface area (Å²) in [5.74, 6) is 0.501. The Labute approximate surface area is 198 Å². The topological polar surface area (TPSA) is 41.4 Å². The number of nitrogens with zero attached hydrogens (tertiary/aromatic N) is 4. The number of alkyl halides is 3. The third-order valence-corrected chi connectivity index (χ3v) is 5.93. The summed E-state index contributed by atoms with van der Waals surface area (Å²) in [6.07, 6.45) is -0.665. The molecule has 1 fully saturated rings. The van der Waals surface area contributed by atoms with E-state index in [1.54, 1.807) is 4.57 Å². The molecule has 2 aromatic rings. The van der Waals surface area contributed by atoms with Gasteiger partial charge >= 0.3 is 6.18 Å². The van der Waals surface area contributed by atoms with E-state index in [9.17, 15) is 18.0 Å². The lowest BCUT2D eigenvalue weighted by atomic mass is 10.1. The number of fused-ring (bicyclic) bond motifs is 1. The minimum absolute atomic E-state index is 0.300. The molecule has 2 aliphatic rings. The highest BCUT2D eigenvalue weighted by atomic mass is 35.5. The second-order valence-corrected chi connectivity index (χ2v) is 9.33. The second kappa shape index (κ2) is 10.4. The van der Waals surface area contributed by atoms with Gasteiger partial charge in [-0.1, -0.05) is 37.9 Å². The minimum atomic E-state index is -4.29. The molecule has 1 aromatic carbocycles. The molecule has 0 unspecified atom stereocenters. The number of hydrogen-bond donors (Lipinski definition) is 0. The molecule has 5 nitrogen and oxygen atoms in total. The smallest absolute Gasteiger partial charge is 0.337 e. The number of hydrogen-bond acceptors (Lipinski definition) is 3. The molecule has 1 aromatic heterocycles. The van der Waals surface area contributed by atoms with Crippen molar-refractivity contribution in [3.05, 3.63) is 40.2 Å². The van der Waals surface area contributed by atoms with Crippen molar-refractivity contribution in [1.29, 1.82) is 0 Å². The van der Waals surface area contributed by atoms with Crippen LogP contribution in [0.1, 0.15) is 61.1 Å². The molecule has 1 amide bonds. The Kier molecular flexibility index (Phi) is 7.98. The lowest BCUT2D eigenvalue weighted by Crippen LogP contribution is -2.36. The Bertz CT molecular complexity index is 962. The highest BCUT2D eigenvalue weighted by Gasteiger charge is 2.35. The van der Waals surface area contributed by atoms with Gasteiger partial charge in [-0.25, -0.2) is 4.98 Å². The molecule has 1 aliphatic heterocycles. The molecule has 9 heteroatoms. The van der Waals surface area contributed by atoms with Crippen molar-refractivity contribution in [2.75, 3.05) is 24.5 Å². The maximum absolute atomic E-state index is 13.1. The van der Waals surface area contributed by atoms with E-state index in [0.29, 0.717) is 42.2 Å². The number of rotatable bonds is 6. The number of aryl methyl sites for hydroxylation is 2. The molecule has 1 aliphatic carbocycles. The second-order valence-electron chi connectivity index (χ2n) is 8.93. The van der Waals surface area contributed by atoms with E-state index in [0.717, 1.165) is 29.7 Å². The number of aromatic nitrogens is 2. The Hall–Kier alpha value is -2.22. The third kappa shape index (κ3) is 6.22. The van der Waals surface area contributed by atoms with E-state index in [1.165, 1.54) is 17.5 Å². The average molecular weight is 485 g/mol. The van der Waals surface area contributed by atoms with Crippen LogP contribution >= 0.6 is 11.6 Å². The summed E-state index contributed by atoms with van der Waals surface area (Å²) in [5.41, 5.74) is 3.23. The van der Waals surface area contributed by atoms with Crippen LogP contribution in [-0.2, 0) is 6.54 Å². The fourth-order valence-electron chi connectivity index (χ4n) is 4.05. The molecule has 182 valence electrons. The summed E-state index contributed by atoms with van der Waals surface area (Å²) < 4.78 is 40.1. The molecule has 0 spiro atoms. The number of carbonyl (C=O) groups is 1. The highest BCUT2D eigenvalue weighted by molar-refractivity contribution is 6.33. The maximum Gasteiger partial charge on any atom is 0.390 e. The lowest BCUT2D eigenvalue weighted by molar-refractivity contribution is -0.136. The lowest BCUT2D eigenvalue weighted by Gasteiger charge is -2.23. The maximum atomic E-state index is 13.1. The largest absolute Gasteiger partial charge is 0.390 e. The Morgan fingerprint density at radius 3 is 2.45 bits per heavy atom. The Balaban J connectivity index is 0.000000968. The number of imidazole rings is 1. The van der Waals surface area contributed by atoms with Gasteiger partial charge in [-0.05, 0) is 49.8 Å². The molecule has 2 heterocycles. The van der Waals surface area contributed by atoms with Crippen LogP contribution in [0.3, 0.4) is 0 Å². The van der Waals surface area contributed by atoms with Gasteiger partial charge in [0, 0.05) is 26.2 Å². The molecule has 0 saturated heterocycles. The van der Waals surface area contributed by atoms with E-state index in [1.807, 2.05) is 30.9 Å². The first kappa shape index (κ1) is 25.4. The zero-order valence-corrected chi connectivity index (χ0v) is 20.4. The summed E-state index contributed by atoms with van der Waals surface area (Å²) in [6.45, 7) is 9.35. The molecule has 0 bridgehead atoms. The normalized spacial score (nSPS) is 15.2. The molecular formula is C24H32ClF3N4O. The molecule has 1 saturated carbocycles. The fraction of sp³-hybridized carbons (Fsp3) is 0.583. The number of anilines is 2. The Morgan fingerprint density at radius 2 is 1.88 bits per heavy atom. The van der Waals surface area contributed by atoms with E-state index in [-0.39, 0.29) is 6.54 Å². The van der Waals surface area contributed by atoms with E-state index < -0.39 is 18.5 Å². The van der Waals surface area contributed by atoms with Gasteiger partial charge in [0.1, 0.15) is 5.69 Å². The predicted molar refractivity (Wildman–Crippen MR) is 125 cm³/mol. The van der Waals surface area contributed by atoms with Gasteiger partial charge in [-0.2, -0.15) is 13.2 Å². The first-order chi connectivity index (χ1) is 15.6. The fourth-order valence-corrected chi connectivity index (χ4v) is 4.47. The van der Waals surface area contributed by atoms with E-state index in [2.05, 4.69) is 18.8 Å². The molecule has 33 heavy (non-hydrogen) atoms. The van der Waals surface area contributed by atoms with Gasteiger partial charge in [0.15, 0.2) is 0 Å². The van der Waals surface area contributed by atoms with Gasteiger partial charge in [0.2, 0.25) is 5.95 Å².